The molecule has 2 atom stereocenters. The van der Waals surface area contributed by atoms with Crippen LogP contribution in [-0.2, 0) is 22.4 Å². The van der Waals surface area contributed by atoms with Crippen LogP contribution < -0.4 is 25.4 Å². The Morgan fingerprint density at radius 1 is 0.846 bits per heavy atom. The van der Waals surface area contributed by atoms with E-state index in [0.717, 1.165) is 66.9 Å². The molecule has 12 nitrogen and oxygen atoms in total. The van der Waals surface area contributed by atoms with E-state index in [2.05, 4.69) is 32.0 Å². The molecule has 0 bridgehead atoms. The van der Waals surface area contributed by atoms with E-state index in [-0.39, 0.29) is 24.1 Å². The topological polar surface area (TPSA) is 132 Å². The van der Waals surface area contributed by atoms with Gasteiger partial charge in [0.05, 0.1) is 19.9 Å². The van der Waals surface area contributed by atoms with Gasteiger partial charge in [-0.05, 0) is 115 Å². The number of alkyl carbamates (subject to hydrolysis) is 2. The van der Waals surface area contributed by atoms with Gasteiger partial charge < -0.3 is 44.4 Å². The quantitative estimate of drug-likeness (QED) is 0.251. The Labute approximate surface area is 311 Å². The van der Waals surface area contributed by atoms with Crippen molar-refractivity contribution in [1.29, 1.82) is 0 Å². The van der Waals surface area contributed by atoms with Gasteiger partial charge >= 0.3 is 12.2 Å². The van der Waals surface area contributed by atoms with E-state index in [1.54, 1.807) is 25.6 Å². The van der Waals surface area contributed by atoms with E-state index in [9.17, 15) is 14.4 Å². The van der Waals surface area contributed by atoms with Crippen LogP contribution in [0.1, 0.15) is 83.3 Å². The zero-order valence-electron chi connectivity index (χ0n) is 31.9. The second-order valence-corrected chi connectivity index (χ2v) is 16.4. The fraction of sp³-hybridized carbons (Fsp3) is 0.564. The molecule has 3 aliphatic rings. The number of benzene rings is 1. The number of aryl methyl sites for hydroxylation is 1. The lowest BCUT2D eigenvalue weighted by Gasteiger charge is -2.34. The van der Waals surface area contributed by atoms with E-state index < -0.39 is 17.3 Å². The number of piperidine rings is 2. The first-order chi connectivity index (χ1) is 24.7. The molecule has 13 heteroatoms. The molecule has 0 spiro atoms. The van der Waals surface area contributed by atoms with Gasteiger partial charge in [0.2, 0.25) is 0 Å². The molecule has 2 saturated heterocycles. The number of amides is 3. The van der Waals surface area contributed by atoms with Gasteiger partial charge in [-0.3, -0.25) is 4.79 Å². The SMILES string of the molecule is CC(C)(C)OC(=O)N[C@@H]1CCCNC1.COc1cc2c(cc1OC)-c1c(-c3cccs3)cc(C(=O)N3CCC[C@@H](NC(=O)OC(C)(C)C)C3)n1CC2. The zero-order chi connectivity index (χ0) is 37.6. The summed E-state index contributed by atoms with van der Waals surface area (Å²) in [5, 5.41) is 11.1. The van der Waals surface area contributed by atoms with E-state index in [4.69, 9.17) is 18.9 Å². The minimum absolute atomic E-state index is 0.0197. The normalized spacial score (nSPS) is 18.5. The van der Waals surface area contributed by atoms with Crippen LogP contribution in [0.2, 0.25) is 0 Å². The van der Waals surface area contributed by atoms with Gasteiger partial charge in [0.15, 0.2) is 11.5 Å². The van der Waals surface area contributed by atoms with Gasteiger partial charge in [0.25, 0.3) is 5.91 Å². The summed E-state index contributed by atoms with van der Waals surface area (Å²) in [6.07, 6.45) is 3.79. The number of rotatable bonds is 6. The lowest BCUT2D eigenvalue weighted by Crippen LogP contribution is -2.50. The number of likely N-dealkylation sites (tertiary alicyclic amines) is 1. The summed E-state index contributed by atoms with van der Waals surface area (Å²) in [5.74, 6) is 1.35. The summed E-state index contributed by atoms with van der Waals surface area (Å²) in [5.41, 5.74) is 3.98. The third-order valence-electron chi connectivity index (χ3n) is 9.02. The second-order valence-electron chi connectivity index (χ2n) is 15.5. The first-order valence-electron chi connectivity index (χ1n) is 18.2. The zero-order valence-corrected chi connectivity index (χ0v) is 32.7. The van der Waals surface area contributed by atoms with Crippen LogP contribution in [0.4, 0.5) is 9.59 Å². The highest BCUT2D eigenvalue weighted by Gasteiger charge is 2.33. The highest BCUT2D eigenvalue weighted by Crippen LogP contribution is 2.45. The summed E-state index contributed by atoms with van der Waals surface area (Å²) in [4.78, 5) is 40.7. The van der Waals surface area contributed by atoms with E-state index in [1.807, 2.05) is 70.7 Å². The Bertz CT molecular complexity index is 1700. The summed E-state index contributed by atoms with van der Waals surface area (Å²) < 4.78 is 23.9. The predicted molar refractivity (Wildman–Crippen MR) is 204 cm³/mol. The van der Waals surface area contributed by atoms with Crippen LogP contribution >= 0.6 is 11.3 Å². The van der Waals surface area contributed by atoms with Crippen molar-refractivity contribution in [3.63, 3.8) is 0 Å². The van der Waals surface area contributed by atoms with Gasteiger partial charge in [0.1, 0.15) is 16.9 Å². The number of hydrogen-bond acceptors (Lipinski definition) is 9. The average molecular weight is 738 g/mol. The summed E-state index contributed by atoms with van der Waals surface area (Å²) in [6.45, 7) is 14.8. The van der Waals surface area contributed by atoms with Crippen molar-refractivity contribution in [3.8, 4) is 33.2 Å². The molecule has 0 unspecified atom stereocenters. The van der Waals surface area contributed by atoms with Gasteiger partial charge in [-0.1, -0.05) is 6.07 Å². The number of aromatic nitrogens is 1. The smallest absolute Gasteiger partial charge is 0.407 e. The van der Waals surface area contributed by atoms with Crippen LogP contribution in [0, 0.1) is 0 Å². The molecule has 0 aliphatic carbocycles. The number of ether oxygens (including phenoxy) is 4. The van der Waals surface area contributed by atoms with Gasteiger partial charge in [-0.2, -0.15) is 0 Å². The fourth-order valence-electron chi connectivity index (χ4n) is 6.81. The number of nitrogens with one attached hydrogen (secondary N) is 3. The number of nitrogens with zero attached hydrogens (tertiary/aromatic N) is 2. The molecule has 0 saturated carbocycles. The molecule has 1 aromatic carbocycles. The molecule has 0 radical (unpaired) electrons. The highest BCUT2D eigenvalue weighted by molar-refractivity contribution is 7.13. The summed E-state index contributed by atoms with van der Waals surface area (Å²) in [7, 11) is 3.28. The Morgan fingerprint density at radius 3 is 2.10 bits per heavy atom. The number of fused-ring (bicyclic) bond motifs is 3. The number of methoxy groups -OCH3 is 2. The summed E-state index contributed by atoms with van der Waals surface area (Å²) >= 11 is 1.66. The first-order valence-corrected chi connectivity index (χ1v) is 19.1. The first kappa shape index (κ1) is 39.0. The van der Waals surface area contributed by atoms with Gasteiger partial charge in [-0.25, -0.2) is 9.59 Å². The van der Waals surface area contributed by atoms with Crippen molar-refractivity contribution >= 4 is 29.4 Å². The third-order valence-corrected chi connectivity index (χ3v) is 9.92. The lowest BCUT2D eigenvalue weighted by molar-refractivity contribution is 0.0449. The van der Waals surface area contributed by atoms with Crippen LogP contribution in [0.15, 0.2) is 35.7 Å². The molecule has 52 heavy (non-hydrogen) atoms. The van der Waals surface area contributed by atoms with Gasteiger partial charge in [-0.15, -0.1) is 11.3 Å². The largest absolute Gasteiger partial charge is 0.493 e. The number of hydrogen-bond donors (Lipinski definition) is 3. The van der Waals surface area contributed by atoms with Crippen molar-refractivity contribution in [2.75, 3.05) is 40.4 Å². The van der Waals surface area contributed by atoms with Crippen molar-refractivity contribution in [1.82, 2.24) is 25.4 Å². The molecular weight excluding hydrogens is 683 g/mol. The fourth-order valence-corrected chi connectivity index (χ4v) is 7.56. The van der Waals surface area contributed by atoms with Gasteiger partial charge in [0, 0.05) is 54.3 Å². The van der Waals surface area contributed by atoms with Crippen LogP contribution in [0.3, 0.4) is 0 Å². The molecule has 2 fully saturated rings. The highest BCUT2D eigenvalue weighted by atomic mass is 32.1. The van der Waals surface area contributed by atoms with Crippen molar-refractivity contribution in [3.05, 3.63) is 47.0 Å². The third kappa shape index (κ3) is 10.0. The van der Waals surface area contributed by atoms with Crippen LogP contribution in [-0.4, -0.2) is 91.2 Å². The molecule has 3 aliphatic heterocycles. The van der Waals surface area contributed by atoms with Crippen LogP contribution in [0.25, 0.3) is 21.7 Å². The van der Waals surface area contributed by atoms with E-state index in [1.165, 1.54) is 5.56 Å². The Hall–Kier alpha value is -4.23. The minimum Gasteiger partial charge on any atom is -0.493 e. The van der Waals surface area contributed by atoms with Crippen molar-refractivity contribution < 1.29 is 33.3 Å². The van der Waals surface area contributed by atoms with Crippen LogP contribution in [0.5, 0.6) is 11.5 Å². The van der Waals surface area contributed by atoms with Crippen molar-refractivity contribution in [2.45, 2.75) is 103 Å². The summed E-state index contributed by atoms with van der Waals surface area (Å²) in [6, 6.07) is 10.3. The molecule has 3 amide bonds. The van der Waals surface area contributed by atoms with E-state index >= 15 is 0 Å². The predicted octanol–water partition coefficient (Wildman–Crippen LogP) is 6.85. The maximum absolute atomic E-state index is 14.0. The minimum atomic E-state index is -0.569. The molecule has 5 heterocycles. The molecule has 284 valence electrons. The lowest BCUT2D eigenvalue weighted by atomic mass is 9.95. The van der Waals surface area contributed by atoms with Crippen molar-refractivity contribution in [2.24, 2.45) is 0 Å². The molecule has 3 N–H and O–H groups in total. The Kier molecular flexibility index (Phi) is 12.5. The molecule has 3 aromatic rings. The maximum atomic E-state index is 14.0. The van der Waals surface area contributed by atoms with E-state index in [0.29, 0.717) is 36.8 Å². The number of carbonyl (C=O) groups excluding carboxylic acids is 3. The number of carbonyl (C=O) groups is 3. The standard InChI is InChI=1S/C29H35N3O5S.C10H20N2O2/c1-29(2,3)37-28(34)30-19-8-6-11-31(17-19)27(33)22-15-21(25-9-7-13-38-25)26-20-16-24(36-5)23(35-4)14-18(20)10-12-32(22)26;1-10(2,3)14-9(13)12-8-5-4-6-11-7-8/h7,9,13-16,19H,6,8,10-12,17H2,1-5H3,(H,30,34);8,11H,4-7H2,1-3H3,(H,12,13)/t19-;8-/m11/s1. The maximum Gasteiger partial charge on any atom is 0.407 e. The number of thiophene rings is 1. The Balaban J connectivity index is 0.000000314. The molecular formula is C39H55N5O7S. The molecule has 6 rings (SSSR count). The Morgan fingerprint density at radius 2 is 1.50 bits per heavy atom. The monoisotopic (exact) mass is 737 g/mol. The average Bonchev–Trinajstić information content (AvgIpc) is 3.75. The molecule has 2 aromatic heterocycles. The second kappa shape index (κ2) is 16.6.